The number of hydrogen-bond donors (Lipinski definition) is 1. The first kappa shape index (κ1) is 17.9. The molecule has 0 spiro atoms. The lowest BCUT2D eigenvalue weighted by Crippen LogP contribution is -2.51. The number of ketones is 1. The molecule has 0 heterocycles. The first-order valence-corrected chi connectivity index (χ1v) is 10.2. The number of ether oxygens (including phenoxy) is 1. The Kier molecular flexibility index (Phi) is 4.31. The second-order valence-electron chi connectivity index (χ2n) is 8.30. The minimum absolute atomic E-state index is 0.0281. The highest BCUT2D eigenvalue weighted by atomic mass is 32.2. The lowest BCUT2D eigenvalue weighted by Gasteiger charge is -2.57. The third kappa shape index (κ3) is 3.01. The van der Waals surface area contributed by atoms with Crippen LogP contribution in [0.5, 0.6) is 0 Å². The monoisotopic (exact) mass is 358 g/mol. The summed E-state index contributed by atoms with van der Waals surface area (Å²) in [5.41, 5.74) is 0.0281. The van der Waals surface area contributed by atoms with Crippen molar-refractivity contribution in [2.75, 3.05) is 0 Å². The van der Waals surface area contributed by atoms with Gasteiger partial charge < -0.3 is 4.74 Å². The molecule has 7 heteroatoms. The second-order valence-corrected chi connectivity index (χ2v) is 9.90. The molecule has 0 aromatic rings. The minimum atomic E-state index is -4.85. The third-order valence-electron chi connectivity index (χ3n) is 6.41. The Labute approximate surface area is 143 Å². The maximum absolute atomic E-state index is 12.0. The molecule has 4 aliphatic rings. The average molecular weight is 358 g/mol. The predicted molar refractivity (Wildman–Crippen MR) is 86.6 cm³/mol. The van der Waals surface area contributed by atoms with Crippen molar-refractivity contribution in [1.82, 2.24) is 0 Å². The van der Waals surface area contributed by atoms with Crippen molar-refractivity contribution in [2.45, 2.75) is 70.1 Å². The zero-order valence-corrected chi connectivity index (χ0v) is 15.1. The molecule has 0 aromatic heterocycles. The molecule has 6 nitrogen and oxygen atoms in total. The number of rotatable bonds is 6. The van der Waals surface area contributed by atoms with E-state index in [-0.39, 0.29) is 11.8 Å². The van der Waals surface area contributed by atoms with Gasteiger partial charge in [-0.2, -0.15) is 8.42 Å². The summed E-state index contributed by atoms with van der Waals surface area (Å²) < 4.78 is 38.3. The van der Waals surface area contributed by atoms with Gasteiger partial charge in [-0.05, 0) is 75.0 Å². The first-order chi connectivity index (χ1) is 11.1. The number of hydrogen-bond acceptors (Lipinski definition) is 5. The van der Waals surface area contributed by atoms with Crippen molar-refractivity contribution in [1.29, 1.82) is 0 Å². The SMILES string of the molecule is CC(=O)OC(CCC12CC3CC(CC(C3)C1)C2)(C(C)=O)S(=O)(=O)O. The van der Waals surface area contributed by atoms with E-state index in [9.17, 15) is 22.6 Å². The molecule has 0 aliphatic heterocycles. The lowest BCUT2D eigenvalue weighted by molar-refractivity contribution is -0.158. The molecule has 1 unspecified atom stereocenters. The van der Waals surface area contributed by atoms with Crippen LogP contribution < -0.4 is 0 Å². The normalized spacial score (nSPS) is 37.0. The van der Waals surface area contributed by atoms with Crippen LogP contribution in [-0.2, 0) is 24.4 Å². The van der Waals surface area contributed by atoms with Gasteiger partial charge in [0.15, 0.2) is 5.78 Å². The van der Waals surface area contributed by atoms with E-state index in [1.807, 2.05) is 0 Å². The van der Waals surface area contributed by atoms with E-state index in [0.29, 0.717) is 24.2 Å². The zero-order chi connectivity index (χ0) is 17.8. The van der Waals surface area contributed by atoms with Crippen LogP contribution in [0.4, 0.5) is 0 Å². The van der Waals surface area contributed by atoms with Crippen molar-refractivity contribution in [2.24, 2.45) is 23.2 Å². The average Bonchev–Trinajstić information content (AvgIpc) is 2.39. The number of esters is 1. The summed E-state index contributed by atoms with van der Waals surface area (Å²) in [4.78, 5) is 21.0. The van der Waals surface area contributed by atoms with Crippen molar-refractivity contribution in [3.05, 3.63) is 0 Å². The van der Waals surface area contributed by atoms with E-state index in [1.54, 1.807) is 0 Å². The van der Waals surface area contributed by atoms with Gasteiger partial charge in [0.05, 0.1) is 0 Å². The zero-order valence-electron chi connectivity index (χ0n) is 14.3. The molecule has 0 radical (unpaired) electrons. The molecular weight excluding hydrogens is 332 g/mol. The molecule has 4 rings (SSSR count). The Morgan fingerprint density at radius 3 is 1.88 bits per heavy atom. The van der Waals surface area contributed by atoms with Crippen molar-refractivity contribution in [3.63, 3.8) is 0 Å². The molecule has 4 fully saturated rings. The summed E-state index contributed by atoms with van der Waals surface area (Å²) >= 11 is 0. The number of carbonyl (C=O) groups is 2. The summed E-state index contributed by atoms with van der Waals surface area (Å²) in [6.45, 7) is 2.10. The van der Waals surface area contributed by atoms with Gasteiger partial charge in [0.2, 0.25) is 0 Å². The van der Waals surface area contributed by atoms with Gasteiger partial charge in [0.1, 0.15) is 0 Å². The molecule has 4 aliphatic carbocycles. The topological polar surface area (TPSA) is 97.7 Å². The van der Waals surface area contributed by atoms with Gasteiger partial charge in [-0.15, -0.1) is 0 Å². The number of carbonyl (C=O) groups excluding carboxylic acids is 2. The molecule has 1 atom stereocenters. The summed E-state index contributed by atoms with van der Waals surface area (Å²) in [6.07, 6.45) is 7.28. The largest absolute Gasteiger partial charge is 0.432 e. The third-order valence-corrected chi connectivity index (χ3v) is 7.82. The van der Waals surface area contributed by atoms with Crippen LogP contribution in [0.15, 0.2) is 0 Å². The van der Waals surface area contributed by atoms with Crippen molar-refractivity contribution < 1.29 is 27.3 Å². The van der Waals surface area contributed by atoms with Gasteiger partial charge in [-0.1, -0.05) is 0 Å². The van der Waals surface area contributed by atoms with Crippen LogP contribution in [0.2, 0.25) is 0 Å². The highest BCUT2D eigenvalue weighted by Gasteiger charge is 2.55. The van der Waals surface area contributed by atoms with Crippen LogP contribution in [-0.4, -0.2) is 29.7 Å². The van der Waals surface area contributed by atoms with E-state index in [1.165, 1.54) is 19.3 Å². The Balaban J connectivity index is 1.83. The standard InChI is InChI=1S/C17H26O6S/c1-11(18)17(23-12(2)19,24(20,21)22)4-3-16-8-13-5-14(9-16)7-15(6-13)10-16/h13-15H,3-10H2,1-2H3,(H,20,21,22). The van der Waals surface area contributed by atoms with E-state index in [0.717, 1.165) is 33.1 Å². The Morgan fingerprint density at radius 2 is 1.54 bits per heavy atom. The molecule has 136 valence electrons. The van der Waals surface area contributed by atoms with Crippen LogP contribution in [0, 0.1) is 23.2 Å². The van der Waals surface area contributed by atoms with Gasteiger partial charge in [0, 0.05) is 13.3 Å². The van der Waals surface area contributed by atoms with E-state index < -0.39 is 26.8 Å². The van der Waals surface area contributed by atoms with Crippen LogP contribution in [0.3, 0.4) is 0 Å². The molecule has 0 amide bonds. The molecular formula is C17H26O6S. The highest BCUT2D eigenvalue weighted by Crippen LogP contribution is 2.62. The van der Waals surface area contributed by atoms with Crippen molar-refractivity contribution >= 4 is 21.9 Å². The van der Waals surface area contributed by atoms with Gasteiger partial charge >= 0.3 is 16.1 Å². The maximum atomic E-state index is 12.0. The fourth-order valence-electron chi connectivity index (χ4n) is 5.92. The smallest absolute Gasteiger partial charge is 0.314 e. The van der Waals surface area contributed by atoms with Crippen molar-refractivity contribution in [3.8, 4) is 0 Å². The lowest BCUT2D eigenvalue weighted by atomic mass is 9.48. The first-order valence-electron chi connectivity index (χ1n) is 8.73. The molecule has 0 aromatic carbocycles. The minimum Gasteiger partial charge on any atom is -0.432 e. The molecule has 24 heavy (non-hydrogen) atoms. The van der Waals surface area contributed by atoms with E-state index >= 15 is 0 Å². The fraction of sp³-hybridized carbons (Fsp3) is 0.882. The molecule has 0 saturated heterocycles. The Morgan fingerprint density at radius 1 is 1.08 bits per heavy atom. The Bertz CT molecular complexity index is 617. The second kappa shape index (κ2) is 5.80. The van der Waals surface area contributed by atoms with E-state index in [4.69, 9.17) is 4.74 Å². The van der Waals surface area contributed by atoms with Crippen LogP contribution >= 0.6 is 0 Å². The number of Topliss-reactive ketones (excluding diaryl/α,β-unsaturated/α-hetero) is 1. The molecule has 4 saturated carbocycles. The molecule has 4 bridgehead atoms. The maximum Gasteiger partial charge on any atom is 0.314 e. The highest BCUT2D eigenvalue weighted by molar-refractivity contribution is 7.88. The van der Waals surface area contributed by atoms with Gasteiger partial charge in [-0.25, -0.2) is 0 Å². The quantitative estimate of drug-likeness (QED) is 0.579. The summed E-state index contributed by atoms with van der Waals surface area (Å²) in [7, 11) is -4.85. The molecule has 1 N–H and O–H groups in total. The predicted octanol–water partition coefficient (Wildman–Crippen LogP) is 2.72. The summed E-state index contributed by atoms with van der Waals surface area (Å²) in [6, 6.07) is 0. The fourth-order valence-corrected chi connectivity index (χ4v) is 6.87. The summed E-state index contributed by atoms with van der Waals surface area (Å²) in [5.74, 6) is 0.366. The van der Waals surface area contributed by atoms with Crippen LogP contribution in [0.1, 0.15) is 65.2 Å². The van der Waals surface area contributed by atoms with Crippen LogP contribution in [0.25, 0.3) is 0 Å². The summed E-state index contributed by atoms with van der Waals surface area (Å²) in [5, 5.41) is 0. The Hall–Kier alpha value is -0.950. The van der Waals surface area contributed by atoms with Gasteiger partial charge in [-0.3, -0.25) is 14.1 Å². The van der Waals surface area contributed by atoms with E-state index in [2.05, 4.69) is 0 Å². The van der Waals surface area contributed by atoms with Gasteiger partial charge in [0.25, 0.3) is 4.93 Å².